The van der Waals surface area contributed by atoms with E-state index in [9.17, 15) is 9.90 Å². The van der Waals surface area contributed by atoms with E-state index in [1.54, 1.807) is 4.90 Å². The summed E-state index contributed by atoms with van der Waals surface area (Å²) in [7, 11) is 0. The molecule has 0 radical (unpaired) electrons. The number of carbonyl (C=O) groups is 1. The Kier molecular flexibility index (Phi) is 3.52. The number of amides is 1. The normalized spacial score (nSPS) is 24.7. The fourth-order valence-electron chi connectivity index (χ4n) is 1.94. The molecule has 0 bridgehead atoms. The number of pyridine rings is 1. The van der Waals surface area contributed by atoms with Crippen LogP contribution in [0.1, 0.15) is 23.7 Å². The van der Waals surface area contributed by atoms with Crippen LogP contribution in [0.25, 0.3) is 0 Å². The van der Waals surface area contributed by atoms with Crippen LogP contribution in [0.4, 0.5) is 0 Å². The van der Waals surface area contributed by atoms with E-state index in [-0.39, 0.29) is 17.0 Å². The summed E-state index contributed by atoms with van der Waals surface area (Å²) < 4.78 is 0. The molecule has 1 aliphatic rings. The Morgan fingerprint density at radius 2 is 2.41 bits per heavy atom. The number of aromatic hydroxyl groups is 1. The van der Waals surface area contributed by atoms with Crippen LogP contribution in [0.3, 0.4) is 0 Å². The van der Waals surface area contributed by atoms with Crippen LogP contribution in [0, 0.1) is 5.92 Å². The van der Waals surface area contributed by atoms with Crippen molar-refractivity contribution in [1.82, 2.24) is 9.88 Å². The molecule has 1 fully saturated rings. The number of likely N-dealkylation sites (tertiary alicyclic amines) is 1. The van der Waals surface area contributed by atoms with Gasteiger partial charge in [-0.1, -0.05) is 6.92 Å². The van der Waals surface area contributed by atoms with Gasteiger partial charge in [-0.2, -0.15) is 0 Å². The predicted octanol–water partition coefficient (Wildman–Crippen LogP) is 1.88. The molecule has 0 aliphatic carbocycles. The van der Waals surface area contributed by atoms with Crippen molar-refractivity contribution in [3.05, 3.63) is 24.0 Å². The molecule has 17 heavy (non-hydrogen) atoms. The van der Waals surface area contributed by atoms with Crippen LogP contribution in [-0.4, -0.2) is 39.4 Å². The number of nitrogens with zero attached hydrogens (tertiary/aromatic N) is 2. The second kappa shape index (κ2) is 4.92. The Morgan fingerprint density at radius 3 is 3.06 bits per heavy atom. The van der Waals surface area contributed by atoms with Crippen LogP contribution >= 0.6 is 11.6 Å². The number of rotatable bonds is 1. The highest BCUT2D eigenvalue weighted by molar-refractivity contribution is 6.21. The lowest BCUT2D eigenvalue weighted by Gasteiger charge is -2.34. The first-order valence-electron chi connectivity index (χ1n) is 5.66. The topological polar surface area (TPSA) is 53.4 Å². The largest absolute Gasteiger partial charge is 0.505 e. The van der Waals surface area contributed by atoms with Gasteiger partial charge in [0.1, 0.15) is 5.75 Å². The first kappa shape index (κ1) is 12.2. The molecule has 0 aromatic carbocycles. The molecule has 0 spiro atoms. The summed E-state index contributed by atoms with van der Waals surface area (Å²) in [5.74, 6) is 0.163. The molecule has 2 unspecified atom stereocenters. The minimum absolute atomic E-state index is 0.0170. The van der Waals surface area contributed by atoms with Crippen molar-refractivity contribution >= 4 is 17.5 Å². The van der Waals surface area contributed by atoms with Crippen LogP contribution in [-0.2, 0) is 0 Å². The first-order chi connectivity index (χ1) is 8.09. The summed E-state index contributed by atoms with van der Waals surface area (Å²) >= 11 is 6.16. The van der Waals surface area contributed by atoms with Gasteiger partial charge in [0.25, 0.3) is 5.91 Å². The molecule has 2 heterocycles. The smallest absolute Gasteiger partial charge is 0.257 e. The zero-order chi connectivity index (χ0) is 12.4. The molecule has 1 amide bonds. The number of aromatic nitrogens is 1. The quantitative estimate of drug-likeness (QED) is 0.779. The molecule has 2 atom stereocenters. The van der Waals surface area contributed by atoms with Gasteiger partial charge >= 0.3 is 0 Å². The van der Waals surface area contributed by atoms with E-state index in [0.717, 1.165) is 6.42 Å². The fourth-order valence-corrected chi connectivity index (χ4v) is 2.24. The zero-order valence-electron chi connectivity index (χ0n) is 9.64. The Hall–Kier alpha value is -1.29. The lowest BCUT2D eigenvalue weighted by molar-refractivity contribution is 0.0698. The van der Waals surface area contributed by atoms with E-state index in [0.29, 0.717) is 24.6 Å². The summed E-state index contributed by atoms with van der Waals surface area (Å²) in [6.45, 7) is 3.30. The number of piperidine rings is 1. The highest BCUT2D eigenvalue weighted by atomic mass is 35.5. The van der Waals surface area contributed by atoms with E-state index >= 15 is 0 Å². The standard InChI is InChI=1S/C12H15ClN2O2/c1-8-3-5-15(7-10(8)13)12(17)9-2-4-14-6-11(9)16/h2,4,6,8,10,16H,3,5,7H2,1H3. The number of alkyl halides is 1. The molecule has 1 aromatic rings. The predicted molar refractivity (Wildman–Crippen MR) is 65.2 cm³/mol. The molecule has 2 rings (SSSR count). The van der Waals surface area contributed by atoms with Gasteiger partial charge in [-0.3, -0.25) is 9.78 Å². The maximum atomic E-state index is 12.2. The van der Waals surface area contributed by atoms with E-state index in [4.69, 9.17) is 11.6 Å². The maximum absolute atomic E-state index is 12.2. The van der Waals surface area contributed by atoms with E-state index < -0.39 is 0 Å². The van der Waals surface area contributed by atoms with Crippen molar-refractivity contribution in [2.45, 2.75) is 18.7 Å². The van der Waals surface area contributed by atoms with Gasteiger partial charge in [0, 0.05) is 19.3 Å². The number of carbonyl (C=O) groups excluding carboxylic acids is 1. The average molecular weight is 255 g/mol. The van der Waals surface area contributed by atoms with Crippen molar-refractivity contribution in [1.29, 1.82) is 0 Å². The molecule has 1 aliphatic heterocycles. The van der Waals surface area contributed by atoms with Gasteiger partial charge in [0.05, 0.1) is 17.1 Å². The van der Waals surface area contributed by atoms with Crippen LogP contribution in [0.2, 0.25) is 0 Å². The lowest BCUT2D eigenvalue weighted by Crippen LogP contribution is -2.43. The summed E-state index contributed by atoms with van der Waals surface area (Å²) in [5, 5.41) is 9.57. The molecule has 1 saturated heterocycles. The van der Waals surface area contributed by atoms with Gasteiger partial charge in [-0.05, 0) is 18.4 Å². The Balaban J connectivity index is 2.14. The highest BCUT2D eigenvalue weighted by Crippen LogP contribution is 2.24. The number of hydrogen-bond donors (Lipinski definition) is 1. The van der Waals surface area contributed by atoms with E-state index in [1.807, 2.05) is 0 Å². The van der Waals surface area contributed by atoms with Gasteiger partial charge in [-0.25, -0.2) is 0 Å². The minimum atomic E-state index is -0.178. The van der Waals surface area contributed by atoms with Gasteiger partial charge < -0.3 is 10.0 Å². The monoisotopic (exact) mass is 254 g/mol. The van der Waals surface area contributed by atoms with Gasteiger partial charge in [0.15, 0.2) is 0 Å². The maximum Gasteiger partial charge on any atom is 0.257 e. The van der Waals surface area contributed by atoms with Crippen molar-refractivity contribution in [2.75, 3.05) is 13.1 Å². The Bertz CT molecular complexity index is 425. The molecule has 1 aromatic heterocycles. The van der Waals surface area contributed by atoms with Crippen molar-refractivity contribution in [3.63, 3.8) is 0 Å². The van der Waals surface area contributed by atoms with Crippen LogP contribution < -0.4 is 0 Å². The molecule has 5 heteroatoms. The Labute approximate surface area is 105 Å². The summed E-state index contributed by atoms with van der Waals surface area (Å²) in [5.41, 5.74) is 0.290. The van der Waals surface area contributed by atoms with Gasteiger partial charge in [0.2, 0.25) is 0 Å². The second-order valence-electron chi connectivity index (χ2n) is 4.43. The Morgan fingerprint density at radius 1 is 1.65 bits per heavy atom. The molecule has 92 valence electrons. The molecule has 4 nitrogen and oxygen atoms in total. The van der Waals surface area contributed by atoms with E-state index in [2.05, 4.69) is 11.9 Å². The zero-order valence-corrected chi connectivity index (χ0v) is 10.4. The van der Waals surface area contributed by atoms with E-state index in [1.165, 1.54) is 18.5 Å². The van der Waals surface area contributed by atoms with Crippen LogP contribution in [0.5, 0.6) is 5.75 Å². The summed E-state index contributed by atoms with van der Waals surface area (Å²) in [4.78, 5) is 17.6. The summed E-state index contributed by atoms with van der Waals surface area (Å²) in [6.07, 6.45) is 3.67. The van der Waals surface area contributed by atoms with Crippen molar-refractivity contribution in [2.24, 2.45) is 5.92 Å². The molecular weight excluding hydrogens is 240 g/mol. The lowest BCUT2D eigenvalue weighted by atomic mass is 9.98. The summed E-state index contributed by atoms with van der Waals surface area (Å²) in [6, 6.07) is 1.53. The first-order valence-corrected chi connectivity index (χ1v) is 6.09. The average Bonchev–Trinajstić information content (AvgIpc) is 2.32. The molecule has 0 saturated carbocycles. The molecular formula is C12H15ClN2O2. The SMILES string of the molecule is CC1CCN(C(=O)c2ccncc2O)CC1Cl. The van der Waals surface area contributed by atoms with Gasteiger partial charge in [-0.15, -0.1) is 11.6 Å². The van der Waals surface area contributed by atoms with Crippen molar-refractivity contribution in [3.8, 4) is 5.75 Å². The highest BCUT2D eigenvalue weighted by Gasteiger charge is 2.28. The third kappa shape index (κ3) is 2.52. The second-order valence-corrected chi connectivity index (χ2v) is 4.99. The number of halogens is 1. The third-order valence-corrected chi connectivity index (χ3v) is 3.75. The molecule has 1 N–H and O–H groups in total. The third-order valence-electron chi connectivity index (χ3n) is 3.18. The number of hydrogen-bond acceptors (Lipinski definition) is 3. The fraction of sp³-hybridized carbons (Fsp3) is 0.500. The van der Waals surface area contributed by atoms with Crippen LogP contribution in [0.15, 0.2) is 18.5 Å². The minimum Gasteiger partial charge on any atom is -0.505 e. The van der Waals surface area contributed by atoms with Crippen molar-refractivity contribution < 1.29 is 9.90 Å².